The Labute approximate surface area is 163 Å². The van der Waals surface area contributed by atoms with Gasteiger partial charge in [-0.1, -0.05) is 0 Å². The second-order valence-electron chi connectivity index (χ2n) is 6.89. The van der Waals surface area contributed by atoms with Gasteiger partial charge in [0.05, 0.1) is 23.7 Å². The summed E-state index contributed by atoms with van der Waals surface area (Å²) < 4.78 is 11.9. The lowest BCUT2D eigenvalue weighted by atomic mass is 10.1. The van der Waals surface area contributed by atoms with E-state index in [0.29, 0.717) is 41.9 Å². The average molecular weight is 382 g/mol. The third-order valence-corrected chi connectivity index (χ3v) is 4.44. The quantitative estimate of drug-likeness (QED) is 0.771. The second-order valence-corrected chi connectivity index (χ2v) is 6.89. The third kappa shape index (κ3) is 4.14. The van der Waals surface area contributed by atoms with Crippen LogP contribution in [0.4, 0.5) is 0 Å². The number of amides is 2. The van der Waals surface area contributed by atoms with Crippen LogP contribution < -0.4 is 15.2 Å². The molecule has 1 aromatic heterocycles. The molecule has 28 heavy (non-hydrogen) atoms. The molecule has 3 rings (SSSR count). The molecule has 8 heteroatoms. The SMILES string of the molecule is [C-]#[N+]CC(=O)N1CC[C@H](Oc2ccnc3cc(C(N)=O)c(OC(C)C)cc23)C1. The van der Waals surface area contributed by atoms with Gasteiger partial charge in [0.25, 0.3) is 12.5 Å². The highest BCUT2D eigenvalue weighted by Crippen LogP contribution is 2.32. The molecular weight excluding hydrogens is 360 g/mol. The molecule has 0 unspecified atom stereocenters. The van der Waals surface area contributed by atoms with Crippen molar-refractivity contribution in [2.24, 2.45) is 5.73 Å². The van der Waals surface area contributed by atoms with Gasteiger partial charge in [0.1, 0.15) is 17.6 Å². The number of nitrogens with two attached hydrogens (primary N) is 1. The summed E-state index contributed by atoms with van der Waals surface area (Å²) in [6.45, 7) is 11.4. The molecule has 1 aliphatic rings. The van der Waals surface area contributed by atoms with Gasteiger partial charge in [0.15, 0.2) is 0 Å². The van der Waals surface area contributed by atoms with E-state index in [-0.39, 0.29) is 30.2 Å². The fourth-order valence-electron chi connectivity index (χ4n) is 3.19. The second kappa shape index (κ2) is 8.13. The Morgan fingerprint density at radius 1 is 1.39 bits per heavy atom. The van der Waals surface area contributed by atoms with Gasteiger partial charge in [0.2, 0.25) is 0 Å². The minimum Gasteiger partial charge on any atom is -0.490 e. The average Bonchev–Trinajstić information content (AvgIpc) is 3.10. The van der Waals surface area contributed by atoms with Gasteiger partial charge in [-0.2, -0.15) is 0 Å². The number of nitrogens with zero attached hydrogens (tertiary/aromatic N) is 3. The van der Waals surface area contributed by atoms with Crippen LogP contribution in [0.1, 0.15) is 30.6 Å². The van der Waals surface area contributed by atoms with E-state index in [4.69, 9.17) is 21.8 Å². The number of fused-ring (bicyclic) bond motifs is 1. The molecule has 0 bridgehead atoms. The number of benzene rings is 1. The van der Waals surface area contributed by atoms with Crippen LogP contribution in [0.5, 0.6) is 11.5 Å². The number of ether oxygens (including phenoxy) is 2. The van der Waals surface area contributed by atoms with E-state index in [0.717, 1.165) is 0 Å². The molecule has 0 spiro atoms. The van der Waals surface area contributed by atoms with Crippen LogP contribution in [0.3, 0.4) is 0 Å². The summed E-state index contributed by atoms with van der Waals surface area (Å²) in [6.07, 6.45) is 1.98. The van der Waals surface area contributed by atoms with Crippen LogP contribution in [0.2, 0.25) is 0 Å². The first-order valence-electron chi connectivity index (χ1n) is 9.06. The number of likely N-dealkylation sites (tertiary alicyclic amines) is 1. The molecular formula is C20H22N4O4. The lowest BCUT2D eigenvalue weighted by Gasteiger charge is -2.18. The standard InChI is InChI=1S/C20H22N4O4/c1-12(2)27-18-9-14-16(8-15(18)20(21)26)23-6-4-17(14)28-13-5-7-24(11-13)19(25)10-22-3/h4,6,8-9,12-13H,5,7,10-11H2,1-2H3,(H2,21,26)/t13-/m0/s1. The molecule has 1 fully saturated rings. The Morgan fingerprint density at radius 2 is 2.18 bits per heavy atom. The largest absolute Gasteiger partial charge is 0.490 e. The molecule has 2 aromatic rings. The Kier molecular flexibility index (Phi) is 5.64. The molecule has 1 aromatic carbocycles. The van der Waals surface area contributed by atoms with Crippen molar-refractivity contribution in [3.8, 4) is 11.5 Å². The highest BCUT2D eigenvalue weighted by Gasteiger charge is 2.29. The molecule has 8 nitrogen and oxygen atoms in total. The van der Waals surface area contributed by atoms with E-state index in [1.807, 2.05) is 13.8 Å². The van der Waals surface area contributed by atoms with E-state index in [9.17, 15) is 9.59 Å². The van der Waals surface area contributed by atoms with Crippen molar-refractivity contribution in [2.75, 3.05) is 19.6 Å². The highest BCUT2D eigenvalue weighted by molar-refractivity contribution is 6.01. The van der Waals surface area contributed by atoms with Crippen molar-refractivity contribution in [3.05, 3.63) is 41.4 Å². The first kappa shape index (κ1) is 19.4. The summed E-state index contributed by atoms with van der Waals surface area (Å²) in [5.41, 5.74) is 6.32. The number of aromatic nitrogens is 1. The molecule has 0 saturated carbocycles. The smallest absolute Gasteiger partial charge is 0.302 e. The van der Waals surface area contributed by atoms with Crippen LogP contribution in [-0.4, -0.2) is 53.5 Å². The molecule has 0 radical (unpaired) electrons. The topological polar surface area (TPSA) is 99.1 Å². The molecule has 1 atom stereocenters. The van der Waals surface area contributed by atoms with Gasteiger partial charge in [0, 0.05) is 24.5 Å². The summed E-state index contributed by atoms with van der Waals surface area (Å²) in [7, 11) is 0. The summed E-state index contributed by atoms with van der Waals surface area (Å²) in [6, 6.07) is 5.06. The maximum absolute atomic E-state index is 11.9. The number of hydrogen-bond donors (Lipinski definition) is 1. The van der Waals surface area contributed by atoms with E-state index in [2.05, 4.69) is 9.83 Å². The highest BCUT2D eigenvalue weighted by atomic mass is 16.5. The lowest BCUT2D eigenvalue weighted by molar-refractivity contribution is -0.128. The van der Waals surface area contributed by atoms with Gasteiger partial charge >= 0.3 is 5.91 Å². The van der Waals surface area contributed by atoms with Crippen LogP contribution in [0.15, 0.2) is 24.4 Å². The fourth-order valence-corrected chi connectivity index (χ4v) is 3.19. The van der Waals surface area contributed by atoms with Crippen LogP contribution in [-0.2, 0) is 4.79 Å². The van der Waals surface area contributed by atoms with Gasteiger partial charge in [-0.15, -0.1) is 0 Å². The summed E-state index contributed by atoms with van der Waals surface area (Å²) in [4.78, 5) is 32.8. The molecule has 2 N–H and O–H groups in total. The van der Waals surface area contributed by atoms with Crippen molar-refractivity contribution >= 4 is 22.7 Å². The zero-order valence-electron chi connectivity index (χ0n) is 15.8. The van der Waals surface area contributed by atoms with Gasteiger partial charge in [-0.05, 0) is 32.0 Å². The Morgan fingerprint density at radius 3 is 2.86 bits per heavy atom. The number of rotatable bonds is 6. The molecule has 1 aliphatic heterocycles. The van der Waals surface area contributed by atoms with Crippen molar-refractivity contribution in [1.82, 2.24) is 9.88 Å². The molecule has 146 valence electrons. The van der Waals surface area contributed by atoms with E-state index < -0.39 is 5.91 Å². The zero-order valence-corrected chi connectivity index (χ0v) is 15.8. The van der Waals surface area contributed by atoms with E-state index >= 15 is 0 Å². The minimum atomic E-state index is -0.588. The van der Waals surface area contributed by atoms with E-state index in [1.54, 1.807) is 29.3 Å². The molecule has 2 heterocycles. The van der Waals surface area contributed by atoms with Gasteiger partial charge < -0.3 is 25.0 Å². The predicted molar refractivity (Wildman–Crippen MR) is 103 cm³/mol. The third-order valence-electron chi connectivity index (χ3n) is 4.44. The van der Waals surface area contributed by atoms with Crippen LogP contribution in [0.25, 0.3) is 15.7 Å². The summed E-state index contributed by atoms with van der Waals surface area (Å²) in [5, 5.41) is 0.703. The first-order chi connectivity index (χ1) is 13.4. The zero-order chi connectivity index (χ0) is 20.3. The van der Waals surface area contributed by atoms with E-state index in [1.165, 1.54) is 0 Å². The van der Waals surface area contributed by atoms with Gasteiger partial charge in [-0.3, -0.25) is 14.6 Å². The van der Waals surface area contributed by atoms with Crippen LogP contribution >= 0.6 is 0 Å². The number of pyridine rings is 1. The Hall–Kier alpha value is -3.34. The van der Waals surface area contributed by atoms with Crippen molar-refractivity contribution in [3.63, 3.8) is 0 Å². The number of hydrogen-bond acceptors (Lipinski definition) is 5. The molecule has 1 saturated heterocycles. The summed E-state index contributed by atoms with van der Waals surface area (Å²) in [5.74, 6) is 0.210. The Balaban J connectivity index is 1.89. The normalized spacial score (nSPS) is 16.2. The predicted octanol–water partition coefficient (Wildman–Crippen LogP) is 2.02. The molecule has 2 amide bonds. The van der Waals surface area contributed by atoms with Crippen LogP contribution in [0, 0.1) is 6.57 Å². The fraction of sp³-hybridized carbons (Fsp3) is 0.400. The number of carbonyl (C=O) groups is 2. The van der Waals surface area contributed by atoms with Crippen molar-refractivity contribution in [2.45, 2.75) is 32.5 Å². The maximum Gasteiger partial charge on any atom is 0.302 e. The Bertz CT molecular complexity index is 951. The van der Waals surface area contributed by atoms with Crippen molar-refractivity contribution in [1.29, 1.82) is 0 Å². The maximum atomic E-state index is 11.9. The lowest BCUT2D eigenvalue weighted by Crippen LogP contribution is -2.32. The first-order valence-corrected chi connectivity index (χ1v) is 9.06. The summed E-state index contributed by atoms with van der Waals surface area (Å²) >= 11 is 0. The van der Waals surface area contributed by atoms with Gasteiger partial charge in [-0.25, -0.2) is 6.57 Å². The number of carbonyl (C=O) groups excluding carboxylic acids is 2. The molecule has 0 aliphatic carbocycles. The minimum absolute atomic E-state index is 0.131. The number of primary amides is 1. The monoisotopic (exact) mass is 382 g/mol. The van der Waals surface area contributed by atoms with Crippen molar-refractivity contribution < 1.29 is 19.1 Å².